The fraction of sp³-hybridized carbons (Fsp3) is 0.333. The SMILES string of the molecule is CC(CC#N)C(=O)c1ccccc1OC(F)F. The molecule has 1 rings (SSSR count). The summed E-state index contributed by atoms with van der Waals surface area (Å²) in [6, 6.07) is 7.65. The third-order valence-electron chi connectivity index (χ3n) is 2.21. The summed E-state index contributed by atoms with van der Waals surface area (Å²) in [4.78, 5) is 11.9. The fourth-order valence-corrected chi connectivity index (χ4v) is 1.36. The summed E-state index contributed by atoms with van der Waals surface area (Å²) in [6.07, 6.45) is 0.0435. The van der Waals surface area contributed by atoms with Crippen LogP contribution in [0.2, 0.25) is 0 Å². The quantitative estimate of drug-likeness (QED) is 0.742. The number of nitrogens with zero attached hydrogens (tertiary/aromatic N) is 1. The molecular weight excluding hydrogens is 228 g/mol. The summed E-state index contributed by atoms with van der Waals surface area (Å²) in [5.74, 6) is -1.07. The van der Waals surface area contributed by atoms with E-state index in [0.717, 1.165) is 0 Å². The van der Waals surface area contributed by atoms with Crippen molar-refractivity contribution in [3.05, 3.63) is 29.8 Å². The van der Waals surface area contributed by atoms with Crippen molar-refractivity contribution in [1.82, 2.24) is 0 Å². The molecule has 0 saturated carbocycles. The van der Waals surface area contributed by atoms with Gasteiger partial charge in [-0.3, -0.25) is 4.79 Å². The smallest absolute Gasteiger partial charge is 0.387 e. The zero-order chi connectivity index (χ0) is 12.8. The predicted molar refractivity (Wildman–Crippen MR) is 56.8 cm³/mol. The lowest BCUT2D eigenvalue weighted by molar-refractivity contribution is -0.0501. The number of benzene rings is 1. The highest BCUT2D eigenvalue weighted by Crippen LogP contribution is 2.24. The molecule has 90 valence electrons. The summed E-state index contributed by atoms with van der Waals surface area (Å²) >= 11 is 0. The largest absolute Gasteiger partial charge is 0.434 e. The van der Waals surface area contributed by atoms with Crippen LogP contribution in [0.3, 0.4) is 0 Å². The van der Waals surface area contributed by atoms with E-state index in [1.54, 1.807) is 13.0 Å². The lowest BCUT2D eigenvalue weighted by atomic mass is 9.96. The van der Waals surface area contributed by atoms with Gasteiger partial charge in [-0.1, -0.05) is 19.1 Å². The number of para-hydroxylation sites is 1. The predicted octanol–water partition coefficient (Wildman–Crippen LogP) is 3.02. The highest BCUT2D eigenvalue weighted by atomic mass is 19.3. The van der Waals surface area contributed by atoms with Gasteiger partial charge in [-0.05, 0) is 12.1 Å². The monoisotopic (exact) mass is 239 g/mol. The number of halogens is 2. The molecule has 0 radical (unpaired) electrons. The summed E-state index contributed by atoms with van der Waals surface area (Å²) < 4.78 is 28.5. The van der Waals surface area contributed by atoms with Gasteiger partial charge >= 0.3 is 6.61 Å². The molecule has 0 aliphatic rings. The van der Waals surface area contributed by atoms with Crippen LogP contribution < -0.4 is 4.74 Å². The first-order valence-electron chi connectivity index (χ1n) is 5.01. The van der Waals surface area contributed by atoms with Crippen LogP contribution in [0.25, 0.3) is 0 Å². The average Bonchev–Trinajstić information content (AvgIpc) is 2.28. The van der Waals surface area contributed by atoms with Crippen molar-refractivity contribution >= 4 is 5.78 Å². The zero-order valence-electron chi connectivity index (χ0n) is 9.19. The minimum absolute atomic E-state index is 0.0435. The van der Waals surface area contributed by atoms with Gasteiger partial charge in [0.15, 0.2) is 5.78 Å². The Morgan fingerprint density at radius 1 is 1.47 bits per heavy atom. The van der Waals surface area contributed by atoms with Crippen molar-refractivity contribution in [1.29, 1.82) is 5.26 Å². The highest BCUT2D eigenvalue weighted by molar-refractivity contribution is 6.00. The van der Waals surface area contributed by atoms with E-state index in [2.05, 4.69) is 4.74 Å². The van der Waals surface area contributed by atoms with Crippen molar-refractivity contribution in [2.24, 2.45) is 5.92 Å². The average molecular weight is 239 g/mol. The molecule has 3 nitrogen and oxygen atoms in total. The summed E-state index contributed by atoms with van der Waals surface area (Å²) in [7, 11) is 0. The van der Waals surface area contributed by atoms with Crippen molar-refractivity contribution in [3.63, 3.8) is 0 Å². The first-order chi connectivity index (χ1) is 8.06. The second kappa shape index (κ2) is 5.94. The van der Waals surface area contributed by atoms with Gasteiger partial charge in [0.2, 0.25) is 0 Å². The molecule has 0 spiro atoms. The van der Waals surface area contributed by atoms with Crippen LogP contribution in [-0.4, -0.2) is 12.4 Å². The summed E-state index contributed by atoms with van der Waals surface area (Å²) in [5.41, 5.74) is 0.0792. The Bertz CT molecular complexity index is 440. The number of rotatable bonds is 5. The summed E-state index contributed by atoms with van der Waals surface area (Å²) in [5, 5.41) is 8.49. The van der Waals surface area contributed by atoms with Crippen LogP contribution in [0.5, 0.6) is 5.75 Å². The van der Waals surface area contributed by atoms with Crippen LogP contribution in [0.1, 0.15) is 23.7 Å². The van der Waals surface area contributed by atoms with Gasteiger partial charge in [-0.25, -0.2) is 0 Å². The Kier molecular flexibility index (Phi) is 4.58. The Morgan fingerprint density at radius 3 is 2.71 bits per heavy atom. The van der Waals surface area contributed by atoms with Gasteiger partial charge in [0.05, 0.1) is 11.6 Å². The van der Waals surface area contributed by atoms with E-state index in [1.165, 1.54) is 18.2 Å². The van der Waals surface area contributed by atoms with Gasteiger partial charge in [-0.2, -0.15) is 14.0 Å². The molecule has 0 fully saturated rings. The van der Waals surface area contributed by atoms with Crippen LogP contribution >= 0.6 is 0 Å². The first kappa shape index (κ1) is 13.1. The number of hydrogen-bond acceptors (Lipinski definition) is 3. The fourth-order valence-electron chi connectivity index (χ4n) is 1.36. The van der Waals surface area contributed by atoms with E-state index < -0.39 is 12.5 Å². The van der Waals surface area contributed by atoms with Gasteiger partial charge in [0.25, 0.3) is 0 Å². The van der Waals surface area contributed by atoms with E-state index in [-0.39, 0.29) is 23.5 Å². The molecule has 17 heavy (non-hydrogen) atoms. The molecule has 1 atom stereocenters. The molecule has 5 heteroatoms. The minimum Gasteiger partial charge on any atom is -0.434 e. The van der Waals surface area contributed by atoms with Crippen molar-refractivity contribution in [2.45, 2.75) is 20.0 Å². The van der Waals surface area contributed by atoms with Crippen molar-refractivity contribution < 1.29 is 18.3 Å². The Morgan fingerprint density at radius 2 is 2.12 bits per heavy atom. The molecule has 0 saturated heterocycles. The van der Waals surface area contributed by atoms with Gasteiger partial charge in [-0.15, -0.1) is 0 Å². The Labute approximate surface area is 97.6 Å². The van der Waals surface area contributed by atoms with Crippen molar-refractivity contribution in [3.8, 4) is 11.8 Å². The van der Waals surface area contributed by atoms with Gasteiger partial charge in [0, 0.05) is 12.3 Å². The second-order valence-corrected chi connectivity index (χ2v) is 3.50. The number of ether oxygens (including phenoxy) is 1. The number of Topliss-reactive ketones (excluding diaryl/α,β-unsaturated/α-hetero) is 1. The number of alkyl halides is 2. The summed E-state index contributed by atoms with van der Waals surface area (Å²) in [6.45, 7) is -1.40. The lowest BCUT2D eigenvalue weighted by Gasteiger charge is -2.11. The highest BCUT2D eigenvalue weighted by Gasteiger charge is 2.20. The zero-order valence-corrected chi connectivity index (χ0v) is 9.19. The molecule has 1 unspecified atom stereocenters. The number of nitriles is 1. The third-order valence-corrected chi connectivity index (χ3v) is 2.21. The topological polar surface area (TPSA) is 50.1 Å². The van der Waals surface area contributed by atoms with Gasteiger partial charge < -0.3 is 4.74 Å². The van der Waals surface area contributed by atoms with Crippen LogP contribution in [-0.2, 0) is 0 Å². The molecule has 0 aliphatic carbocycles. The molecule has 0 aromatic heterocycles. The normalized spacial score (nSPS) is 11.9. The van der Waals surface area contributed by atoms with E-state index in [1.807, 2.05) is 6.07 Å². The minimum atomic E-state index is -2.98. The molecule has 0 N–H and O–H groups in total. The molecule has 0 bridgehead atoms. The Balaban J connectivity index is 2.97. The number of carbonyl (C=O) groups excluding carboxylic acids is 1. The Hall–Kier alpha value is -1.96. The van der Waals surface area contributed by atoms with Crippen LogP contribution in [0.15, 0.2) is 24.3 Å². The van der Waals surface area contributed by atoms with Crippen LogP contribution in [0, 0.1) is 17.2 Å². The molecule has 1 aromatic carbocycles. The lowest BCUT2D eigenvalue weighted by Crippen LogP contribution is -2.14. The number of ketones is 1. The number of carbonyl (C=O) groups is 1. The van der Waals surface area contributed by atoms with E-state index in [0.29, 0.717) is 0 Å². The second-order valence-electron chi connectivity index (χ2n) is 3.50. The molecular formula is C12H11F2NO2. The van der Waals surface area contributed by atoms with E-state index >= 15 is 0 Å². The standard InChI is InChI=1S/C12H11F2NO2/c1-8(6-7-15)11(16)9-4-2-3-5-10(9)17-12(13)14/h2-5,8,12H,6H2,1H3. The molecule has 0 amide bonds. The van der Waals surface area contributed by atoms with Gasteiger partial charge in [0.1, 0.15) is 5.75 Å². The number of hydrogen-bond donors (Lipinski definition) is 0. The van der Waals surface area contributed by atoms with Crippen molar-refractivity contribution in [2.75, 3.05) is 0 Å². The maximum atomic E-state index is 12.1. The maximum Gasteiger partial charge on any atom is 0.387 e. The van der Waals surface area contributed by atoms with Crippen LogP contribution in [0.4, 0.5) is 8.78 Å². The van der Waals surface area contributed by atoms with E-state index in [9.17, 15) is 13.6 Å². The van der Waals surface area contributed by atoms with E-state index in [4.69, 9.17) is 5.26 Å². The maximum absolute atomic E-state index is 12.1. The molecule has 1 aromatic rings. The molecule has 0 heterocycles. The first-order valence-corrected chi connectivity index (χ1v) is 5.01. The third kappa shape index (κ3) is 3.52. The molecule has 0 aliphatic heterocycles.